The topological polar surface area (TPSA) is 63.7 Å². The van der Waals surface area contributed by atoms with Gasteiger partial charge in [0.15, 0.2) is 0 Å². The minimum absolute atomic E-state index is 0.0895. The van der Waals surface area contributed by atoms with Crippen molar-refractivity contribution in [3.8, 4) is 0 Å². The highest BCUT2D eigenvalue weighted by Crippen LogP contribution is 2.31. The SMILES string of the molecule is COC(=O)c1ccc(/C=C(\Br)CN(c2cc(Br)ccc2C)S(=O)(=O)c2ccc(C)cc2)cc1. The predicted molar refractivity (Wildman–Crippen MR) is 139 cm³/mol. The Kier molecular flexibility index (Phi) is 8.15. The molecule has 0 fully saturated rings. The molecule has 3 aromatic carbocycles. The lowest BCUT2D eigenvalue weighted by molar-refractivity contribution is 0.0600. The molecule has 3 rings (SSSR count). The zero-order chi connectivity index (χ0) is 24.2. The first-order valence-electron chi connectivity index (χ1n) is 10.0. The summed E-state index contributed by atoms with van der Waals surface area (Å²) < 4.78 is 34.9. The van der Waals surface area contributed by atoms with E-state index >= 15 is 0 Å². The third-order valence-corrected chi connectivity index (χ3v) is 7.75. The molecule has 0 unspecified atom stereocenters. The van der Waals surface area contributed by atoms with Crippen molar-refractivity contribution in [1.29, 1.82) is 0 Å². The molecular weight excluding hydrogens is 570 g/mol. The van der Waals surface area contributed by atoms with Gasteiger partial charge in [-0.15, -0.1) is 0 Å². The number of halogens is 2. The van der Waals surface area contributed by atoms with E-state index < -0.39 is 16.0 Å². The van der Waals surface area contributed by atoms with Gasteiger partial charge in [0.05, 0.1) is 29.8 Å². The highest BCUT2D eigenvalue weighted by Gasteiger charge is 2.27. The van der Waals surface area contributed by atoms with Crippen LogP contribution in [-0.2, 0) is 14.8 Å². The Morgan fingerprint density at radius 2 is 1.64 bits per heavy atom. The number of hydrogen-bond acceptors (Lipinski definition) is 4. The molecule has 0 amide bonds. The summed E-state index contributed by atoms with van der Waals surface area (Å²) >= 11 is 7.00. The van der Waals surface area contributed by atoms with Crippen molar-refractivity contribution in [3.05, 3.63) is 97.9 Å². The quantitative estimate of drug-likeness (QED) is 0.294. The van der Waals surface area contributed by atoms with Gasteiger partial charge < -0.3 is 4.74 Å². The number of rotatable bonds is 7. The smallest absolute Gasteiger partial charge is 0.337 e. The fourth-order valence-electron chi connectivity index (χ4n) is 3.19. The van der Waals surface area contributed by atoms with Gasteiger partial charge in [0.2, 0.25) is 0 Å². The molecule has 0 aromatic heterocycles. The van der Waals surface area contributed by atoms with Crippen LogP contribution < -0.4 is 4.31 Å². The number of sulfonamides is 1. The first kappa shape index (κ1) is 25.2. The summed E-state index contributed by atoms with van der Waals surface area (Å²) in [5.41, 5.74) is 3.65. The number of esters is 1. The summed E-state index contributed by atoms with van der Waals surface area (Å²) in [5.74, 6) is -0.412. The van der Waals surface area contributed by atoms with Crippen LogP contribution in [0.5, 0.6) is 0 Å². The van der Waals surface area contributed by atoms with Crippen LogP contribution in [0.15, 0.2) is 80.6 Å². The Morgan fingerprint density at radius 1 is 1.00 bits per heavy atom. The van der Waals surface area contributed by atoms with E-state index in [0.29, 0.717) is 15.7 Å². The van der Waals surface area contributed by atoms with Gasteiger partial charge in [-0.25, -0.2) is 13.2 Å². The second-order valence-corrected chi connectivity index (χ2v) is 11.3. The fraction of sp³-hybridized carbons (Fsp3) is 0.160. The minimum atomic E-state index is -3.84. The second kappa shape index (κ2) is 10.7. The molecule has 0 saturated carbocycles. The van der Waals surface area contributed by atoms with Crippen LogP contribution in [0.2, 0.25) is 0 Å². The van der Waals surface area contributed by atoms with Gasteiger partial charge in [-0.2, -0.15) is 0 Å². The van der Waals surface area contributed by atoms with Crippen molar-refractivity contribution in [1.82, 2.24) is 0 Å². The van der Waals surface area contributed by atoms with Crippen LogP contribution in [-0.4, -0.2) is 28.0 Å². The number of hydrogen-bond donors (Lipinski definition) is 0. The van der Waals surface area contributed by atoms with Gasteiger partial charge in [-0.05, 0) is 67.4 Å². The highest BCUT2D eigenvalue weighted by atomic mass is 79.9. The number of carbonyl (C=O) groups is 1. The van der Waals surface area contributed by atoms with Crippen molar-refractivity contribution >= 4 is 59.6 Å². The lowest BCUT2D eigenvalue weighted by Crippen LogP contribution is -2.32. The van der Waals surface area contributed by atoms with Crippen LogP contribution in [0.4, 0.5) is 5.69 Å². The molecule has 0 aliphatic rings. The number of carbonyl (C=O) groups excluding carboxylic acids is 1. The van der Waals surface area contributed by atoms with Crippen LogP contribution in [0.1, 0.15) is 27.0 Å². The van der Waals surface area contributed by atoms with E-state index in [1.807, 2.05) is 32.1 Å². The first-order valence-corrected chi connectivity index (χ1v) is 13.0. The summed E-state index contributed by atoms with van der Waals surface area (Å²) in [6.45, 7) is 3.88. The number of ether oxygens (including phenoxy) is 1. The molecule has 33 heavy (non-hydrogen) atoms. The Morgan fingerprint density at radius 3 is 2.24 bits per heavy atom. The van der Waals surface area contributed by atoms with E-state index in [4.69, 9.17) is 4.74 Å². The standard InChI is InChI=1S/C25H23Br2NO4S/c1-17-4-12-23(13-5-17)33(30,31)28(24-15-21(26)11-6-18(24)2)16-22(27)14-19-7-9-20(10-8-19)25(29)32-3/h4-15H,16H2,1-3H3/b22-14-. The zero-order valence-corrected chi connectivity index (χ0v) is 22.4. The summed E-state index contributed by atoms with van der Waals surface area (Å²) in [4.78, 5) is 11.9. The minimum Gasteiger partial charge on any atom is -0.465 e. The Labute approximate surface area is 211 Å². The maximum atomic E-state index is 13.7. The molecular formula is C25H23Br2NO4S. The van der Waals surface area contributed by atoms with Crippen LogP contribution >= 0.6 is 31.9 Å². The average molecular weight is 593 g/mol. The second-order valence-electron chi connectivity index (χ2n) is 7.46. The Balaban J connectivity index is 2.01. The molecule has 0 N–H and O–H groups in total. The molecule has 0 heterocycles. The van der Waals surface area contributed by atoms with Gasteiger partial charge in [0.1, 0.15) is 0 Å². The van der Waals surface area contributed by atoms with Crippen molar-refractivity contribution < 1.29 is 17.9 Å². The van der Waals surface area contributed by atoms with E-state index in [9.17, 15) is 13.2 Å². The van der Waals surface area contributed by atoms with E-state index in [1.54, 1.807) is 54.6 Å². The number of methoxy groups -OCH3 is 1. The number of benzene rings is 3. The van der Waals surface area contributed by atoms with Gasteiger partial charge in [0.25, 0.3) is 10.0 Å². The van der Waals surface area contributed by atoms with E-state index in [2.05, 4.69) is 31.9 Å². The molecule has 0 saturated heterocycles. The lowest BCUT2D eigenvalue weighted by atomic mass is 10.1. The molecule has 172 valence electrons. The molecule has 0 atom stereocenters. The molecule has 5 nitrogen and oxygen atoms in total. The third kappa shape index (κ3) is 6.13. The fourth-order valence-corrected chi connectivity index (χ4v) is 5.71. The molecule has 0 spiro atoms. The maximum absolute atomic E-state index is 13.7. The molecule has 0 aliphatic heterocycles. The summed E-state index contributed by atoms with van der Waals surface area (Å²) in [7, 11) is -2.51. The molecule has 0 radical (unpaired) electrons. The van der Waals surface area contributed by atoms with Crippen LogP contribution in [0.25, 0.3) is 6.08 Å². The largest absolute Gasteiger partial charge is 0.465 e. The predicted octanol–water partition coefficient (Wildman–Crippen LogP) is 6.48. The maximum Gasteiger partial charge on any atom is 0.337 e. The Hall–Kier alpha value is -2.42. The highest BCUT2D eigenvalue weighted by molar-refractivity contribution is 9.11. The zero-order valence-electron chi connectivity index (χ0n) is 18.4. The van der Waals surface area contributed by atoms with E-state index in [0.717, 1.165) is 21.2 Å². The van der Waals surface area contributed by atoms with Crippen molar-refractivity contribution in [2.75, 3.05) is 18.0 Å². The lowest BCUT2D eigenvalue weighted by Gasteiger charge is -2.26. The average Bonchev–Trinajstić information content (AvgIpc) is 2.79. The molecule has 0 bridgehead atoms. The van der Waals surface area contributed by atoms with Gasteiger partial charge >= 0.3 is 5.97 Å². The van der Waals surface area contributed by atoms with E-state index in [-0.39, 0.29) is 11.4 Å². The number of anilines is 1. The van der Waals surface area contributed by atoms with Crippen LogP contribution in [0.3, 0.4) is 0 Å². The summed E-state index contributed by atoms with van der Waals surface area (Å²) in [6, 6.07) is 19.2. The summed E-state index contributed by atoms with van der Waals surface area (Å²) in [6.07, 6.45) is 1.83. The number of nitrogens with zero attached hydrogens (tertiary/aromatic N) is 1. The third-order valence-electron chi connectivity index (χ3n) is 5.00. The molecule has 0 aliphatic carbocycles. The van der Waals surface area contributed by atoms with Crippen molar-refractivity contribution in [3.63, 3.8) is 0 Å². The van der Waals surface area contributed by atoms with Crippen molar-refractivity contribution in [2.24, 2.45) is 0 Å². The Bertz CT molecular complexity index is 1280. The summed E-state index contributed by atoms with van der Waals surface area (Å²) in [5, 5.41) is 0. The number of aryl methyl sites for hydroxylation is 2. The monoisotopic (exact) mass is 591 g/mol. The first-order chi connectivity index (χ1) is 15.6. The van der Waals surface area contributed by atoms with E-state index in [1.165, 1.54) is 11.4 Å². The normalized spacial score (nSPS) is 11.8. The molecule has 3 aromatic rings. The van der Waals surface area contributed by atoms with Gasteiger partial charge in [-0.3, -0.25) is 4.31 Å². The van der Waals surface area contributed by atoms with Crippen LogP contribution in [0, 0.1) is 13.8 Å². The van der Waals surface area contributed by atoms with Gasteiger partial charge in [-0.1, -0.05) is 67.8 Å². The van der Waals surface area contributed by atoms with Crippen molar-refractivity contribution in [2.45, 2.75) is 18.7 Å². The van der Waals surface area contributed by atoms with Gasteiger partial charge in [0, 0.05) is 8.96 Å². The molecule has 8 heteroatoms.